The van der Waals surface area contributed by atoms with Crippen molar-refractivity contribution in [2.75, 3.05) is 5.32 Å². The van der Waals surface area contributed by atoms with E-state index in [1.807, 2.05) is 72.8 Å². The minimum atomic E-state index is -0.372. The van der Waals surface area contributed by atoms with E-state index in [1.54, 1.807) is 12.1 Å². The van der Waals surface area contributed by atoms with E-state index in [0.717, 1.165) is 16.7 Å². The van der Waals surface area contributed by atoms with Crippen LogP contribution in [0.3, 0.4) is 0 Å². The van der Waals surface area contributed by atoms with Gasteiger partial charge in [0.05, 0.1) is 5.69 Å². The Morgan fingerprint density at radius 2 is 1.22 bits per heavy atom. The quantitative estimate of drug-likeness (QED) is 0.511. The number of carbonyl (C=O) groups is 1. The molecule has 3 N–H and O–H groups in total. The third kappa shape index (κ3) is 3.43. The van der Waals surface area contributed by atoms with Crippen LogP contribution in [-0.2, 0) is 0 Å². The molecule has 1 amide bonds. The van der Waals surface area contributed by atoms with E-state index >= 15 is 0 Å². The van der Waals surface area contributed by atoms with Gasteiger partial charge in [0.25, 0.3) is 11.5 Å². The predicted molar refractivity (Wildman–Crippen MR) is 107 cm³/mol. The molecule has 132 valence electrons. The molecule has 0 aliphatic heterocycles. The maximum absolute atomic E-state index is 12.6. The van der Waals surface area contributed by atoms with Crippen LogP contribution in [0.2, 0.25) is 0 Å². The van der Waals surface area contributed by atoms with Crippen LogP contribution in [0.1, 0.15) is 10.4 Å². The van der Waals surface area contributed by atoms with Crippen molar-refractivity contribution in [3.05, 3.63) is 101 Å². The van der Waals surface area contributed by atoms with Gasteiger partial charge in [-0.15, -0.1) is 0 Å². The van der Waals surface area contributed by atoms with Crippen molar-refractivity contribution in [2.24, 2.45) is 0 Å². The molecule has 5 heteroatoms. The topological polar surface area (TPSA) is 77.8 Å². The lowest BCUT2D eigenvalue weighted by Gasteiger charge is -2.07. The minimum Gasteiger partial charge on any atom is -0.316 e. The molecule has 0 radical (unpaired) electrons. The Hall–Kier alpha value is -3.86. The molecule has 0 saturated heterocycles. The van der Waals surface area contributed by atoms with Gasteiger partial charge >= 0.3 is 0 Å². The molecular weight excluding hydrogens is 338 g/mol. The lowest BCUT2D eigenvalue weighted by atomic mass is 10.0. The molecule has 27 heavy (non-hydrogen) atoms. The SMILES string of the molecule is O=C(Nc1c(-c2ccccc2)[nH][nH]c1=O)c1ccc(-c2ccccc2)cc1. The van der Waals surface area contributed by atoms with E-state index in [4.69, 9.17) is 0 Å². The van der Waals surface area contributed by atoms with Gasteiger partial charge in [0, 0.05) is 11.1 Å². The zero-order valence-corrected chi connectivity index (χ0v) is 14.4. The monoisotopic (exact) mass is 355 g/mol. The average Bonchev–Trinajstić information content (AvgIpc) is 3.09. The number of nitrogens with one attached hydrogen (secondary N) is 3. The molecule has 0 fully saturated rings. The Morgan fingerprint density at radius 3 is 1.85 bits per heavy atom. The highest BCUT2D eigenvalue weighted by molar-refractivity contribution is 6.06. The summed E-state index contributed by atoms with van der Waals surface area (Å²) in [6.07, 6.45) is 0. The number of H-pyrrole nitrogens is 2. The highest BCUT2D eigenvalue weighted by atomic mass is 16.2. The summed E-state index contributed by atoms with van der Waals surface area (Å²) in [6, 6.07) is 26.6. The van der Waals surface area contributed by atoms with Crippen molar-refractivity contribution < 1.29 is 4.79 Å². The van der Waals surface area contributed by atoms with Gasteiger partial charge in [-0.25, -0.2) is 0 Å². The number of amides is 1. The van der Waals surface area contributed by atoms with Crippen molar-refractivity contribution in [3.8, 4) is 22.4 Å². The molecular formula is C22H17N3O2. The Bertz CT molecular complexity index is 1110. The summed E-state index contributed by atoms with van der Waals surface area (Å²) >= 11 is 0. The second kappa shape index (κ2) is 7.17. The summed E-state index contributed by atoms with van der Waals surface area (Å²) in [4.78, 5) is 24.7. The highest BCUT2D eigenvalue weighted by Crippen LogP contribution is 2.23. The number of hydrogen-bond acceptors (Lipinski definition) is 2. The zero-order valence-electron chi connectivity index (χ0n) is 14.4. The lowest BCUT2D eigenvalue weighted by molar-refractivity contribution is 0.102. The normalized spacial score (nSPS) is 10.5. The van der Waals surface area contributed by atoms with Gasteiger partial charge in [0.2, 0.25) is 0 Å². The molecule has 0 unspecified atom stereocenters. The molecule has 3 aromatic carbocycles. The lowest BCUT2D eigenvalue weighted by Crippen LogP contribution is -2.17. The fourth-order valence-electron chi connectivity index (χ4n) is 2.93. The largest absolute Gasteiger partial charge is 0.316 e. The standard InChI is InChI=1S/C22H17N3O2/c26-21(18-13-11-16(12-14-18)15-7-3-1-4-8-15)23-20-19(24-25-22(20)27)17-9-5-2-6-10-17/h1-14H,(H,23,26)(H2,24,25,27). The van der Waals surface area contributed by atoms with E-state index in [9.17, 15) is 9.59 Å². The van der Waals surface area contributed by atoms with Gasteiger partial charge in [0.15, 0.2) is 0 Å². The van der Waals surface area contributed by atoms with Crippen molar-refractivity contribution in [1.29, 1.82) is 0 Å². The van der Waals surface area contributed by atoms with Crippen LogP contribution in [0.5, 0.6) is 0 Å². The first-order valence-corrected chi connectivity index (χ1v) is 8.55. The number of carbonyl (C=O) groups excluding carboxylic acids is 1. The average molecular weight is 355 g/mol. The van der Waals surface area contributed by atoms with Crippen LogP contribution >= 0.6 is 0 Å². The van der Waals surface area contributed by atoms with E-state index < -0.39 is 0 Å². The maximum atomic E-state index is 12.6. The summed E-state index contributed by atoms with van der Waals surface area (Å²) < 4.78 is 0. The first-order valence-electron chi connectivity index (χ1n) is 8.55. The fraction of sp³-hybridized carbons (Fsp3) is 0. The van der Waals surface area contributed by atoms with Crippen LogP contribution in [0.4, 0.5) is 5.69 Å². The molecule has 4 rings (SSSR count). The summed E-state index contributed by atoms with van der Waals surface area (Å²) in [5.74, 6) is -0.336. The number of hydrogen-bond donors (Lipinski definition) is 3. The second-order valence-corrected chi connectivity index (χ2v) is 6.09. The van der Waals surface area contributed by atoms with Crippen molar-refractivity contribution in [1.82, 2.24) is 10.2 Å². The number of anilines is 1. The van der Waals surface area contributed by atoms with E-state index in [0.29, 0.717) is 11.3 Å². The Labute approximate surface area is 155 Å². The summed E-state index contributed by atoms with van der Waals surface area (Å²) in [7, 11) is 0. The Kier molecular flexibility index (Phi) is 4.41. The van der Waals surface area contributed by atoms with Crippen LogP contribution in [0.25, 0.3) is 22.4 Å². The predicted octanol–water partition coefficient (Wildman–Crippen LogP) is 4.29. The van der Waals surface area contributed by atoms with Crippen LogP contribution in [-0.4, -0.2) is 16.1 Å². The zero-order chi connectivity index (χ0) is 18.6. The van der Waals surface area contributed by atoms with Gasteiger partial charge in [-0.2, -0.15) is 0 Å². The van der Waals surface area contributed by atoms with E-state index in [2.05, 4.69) is 15.5 Å². The van der Waals surface area contributed by atoms with Gasteiger partial charge < -0.3 is 5.32 Å². The number of aromatic nitrogens is 2. The van der Waals surface area contributed by atoms with E-state index in [-0.39, 0.29) is 17.2 Å². The molecule has 5 nitrogen and oxygen atoms in total. The molecule has 0 aliphatic carbocycles. The molecule has 0 spiro atoms. The number of benzene rings is 3. The van der Waals surface area contributed by atoms with Gasteiger partial charge in [-0.1, -0.05) is 72.8 Å². The van der Waals surface area contributed by atoms with Gasteiger partial charge in [0.1, 0.15) is 5.69 Å². The van der Waals surface area contributed by atoms with Crippen molar-refractivity contribution in [2.45, 2.75) is 0 Å². The Morgan fingerprint density at radius 1 is 0.667 bits per heavy atom. The fourth-order valence-corrected chi connectivity index (χ4v) is 2.93. The van der Waals surface area contributed by atoms with Crippen LogP contribution < -0.4 is 10.9 Å². The van der Waals surface area contributed by atoms with Crippen LogP contribution in [0, 0.1) is 0 Å². The third-order valence-electron chi connectivity index (χ3n) is 4.33. The minimum absolute atomic E-state index is 0.207. The number of rotatable bonds is 4. The molecule has 4 aromatic rings. The summed E-state index contributed by atoms with van der Waals surface area (Å²) in [6.45, 7) is 0. The van der Waals surface area contributed by atoms with Crippen molar-refractivity contribution >= 4 is 11.6 Å². The molecule has 0 saturated carbocycles. The van der Waals surface area contributed by atoms with E-state index in [1.165, 1.54) is 0 Å². The first-order chi connectivity index (χ1) is 13.2. The smallest absolute Gasteiger partial charge is 0.288 e. The highest BCUT2D eigenvalue weighted by Gasteiger charge is 2.15. The number of aromatic amines is 2. The third-order valence-corrected chi connectivity index (χ3v) is 4.33. The van der Waals surface area contributed by atoms with Gasteiger partial charge in [-0.3, -0.25) is 19.8 Å². The Balaban J connectivity index is 1.59. The molecule has 1 aromatic heterocycles. The summed E-state index contributed by atoms with van der Waals surface area (Å²) in [5.41, 5.74) is 3.78. The molecule has 0 aliphatic rings. The maximum Gasteiger partial charge on any atom is 0.288 e. The second-order valence-electron chi connectivity index (χ2n) is 6.09. The van der Waals surface area contributed by atoms with Crippen LogP contribution in [0.15, 0.2) is 89.7 Å². The molecule has 0 atom stereocenters. The van der Waals surface area contributed by atoms with Gasteiger partial charge in [-0.05, 0) is 23.3 Å². The molecule has 1 heterocycles. The molecule has 0 bridgehead atoms. The first kappa shape index (κ1) is 16.6. The summed E-state index contributed by atoms with van der Waals surface area (Å²) in [5, 5.41) is 8.07. The van der Waals surface area contributed by atoms with Crippen molar-refractivity contribution in [3.63, 3.8) is 0 Å².